The second-order valence-electron chi connectivity index (χ2n) is 7.08. The maximum atomic E-state index is 12.5. The summed E-state index contributed by atoms with van der Waals surface area (Å²) in [6, 6.07) is 12.0. The Labute approximate surface area is 153 Å². The first-order valence-corrected chi connectivity index (χ1v) is 9.45. The summed E-state index contributed by atoms with van der Waals surface area (Å²) in [6.07, 6.45) is 10.8. The third kappa shape index (κ3) is 3.77. The van der Waals surface area contributed by atoms with Crippen LogP contribution in [0.25, 0.3) is 11.2 Å². The molecule has 3 aromatic rings. The van der Waals surface area contributed by atoms with Gasteiger partial charge in [0, 0.05) is 17.8 Å². The number of carbonyl (C=O) groups is 1. The van der Waals surface area contributed by atoms with Crippen molar-refractivity contribution in [2.75, 3.05) is 0 Å². The first-order chi connectivity index (χ1) is 12.8. The van der Waals surface area contributed by atoms with E-state index in [1.807, 2.05) is 47.3 Å². The fraction of sp³-hybridized carbons (Fsp3) is 0.381. The molecule has 0 bridgehead atoms. The number of amides is 1. The predicted octanol–water partition coefficient (Wildman–Crippen LogP) is 3.93. The lowest BCUT2D eigenvalue weighted by Crippen LogP contribution is -2.34. The minimum absolute atomic E-state index is 0.0400. The Morgan fingerprint density at radius 1 is 1.04 bits per heavy atom. The van der Waals surface area contributed by atoms with Crippen molar-refractivity contribution in [2.45, 2.75) is 51.1 Å². The number of aromatic nitrogens is 3. The third-order valence-electron chi connectivity index (χ3n) is 5.13. The largest absolute Gasteiger partial charge is 0.349 e. The van der Waals surface area contributed by atoms with Crippen molar-refractivity contribution in [1.29, 1.82) is 0 Å². The molecular formula is C21H24N4O. The van der Waals surface area contributed by atoms with Crippen LogP contribution in [0.2, 0.25) is 0 Å². The Balaban J connectivity index is 1.42. The maximum Gasteiger partial charge on any atom is 0.251 e. The lowest BCUT2D eigenvalue weighted by molar-refractivity contribution is 0.0933. The minimum atomic E-state index is 0.0400. The van der Waals surface area contributed by atoms with Gasteiger partial charge >= 0.3 is 0 Å². The molecule has 4 rings (SSSR count). The number of hydrogen-bond acceptors (Lipinski definition) is 3. The number of pyridine rings is 1. The number of rotatable bonds is 4. The van der Waals surface area contributed by atoms with Gasteiger partial charge in [-0.3, -0.25) is 4.79 Å². The smallest absolute Gasteiger partial charge is 0.251 e. The van der Waals surface area contributed by atoms with Crippen molar-refractivity contribution in [1.82, 2.24) is 19.9 Å². The summed E-state index contributed by atoms with van der Waals surface area (Å²) in [5.41, 5.74) is 3.63. The van der Waals surface area contributed by atoms with E-state index in [1.54, 1.807) is 6.20 Å². The summed E-state index contributed by atoms with van der Waals surface area (Å²) in [6.45, 7) is 0.692. The molecule has 1 aliphatic rings. The molecule has 26 heavy (non-hydrogen) atoms. The second kappa shape index (κ2) is 7.68. The normalized spacial score (nSPS) is 15.7. The Morgan fingerprint density at radius 3 is 2.58 bits per heavy atom. The number of imidazole rings is 1. The number of carbonyl (C=O) groups excluding carboxylic acids is 1. The SMILES string of the molecule is O=C(NC1CCCCCC1)c1ccc(Cn2cnc3cccnc32)cc1. The Bertz CT molecular complexity index is 876. The van der Waals surface area contributed by atoms with Crippen molar-refractivity contribution in [3.8, 4) is 0 Å². The van der Waals surface area contributed by atoms with Crippen molar-refractivity contribution in [3.63, 3.8) is 0 Å². The molecule has 134 valence electrons. The lowest BCUT2D eigenvalue weighted by Gasteiger charge is -2.16. The van der Waals surface area contributed by atoms with Gasteiger partial charge in [-0.25, -0.2) is 9.97 Å². The van der Waals surface area contributed by atoms with E-state index in [0.29, 0.717) is 12.6 Å². The zero-order valence-electron chi connectivity index (χ0n) is 14.9. The van der Waals surface area contributed by atoms with Crippen LogP contribution in [0.3, 0.4) is 0 Å². The first-order valence-electron chi connectivity index (χ1n) is 9.45. The minimum Gasteiger partial charge on any atom is -0.349 e. The molecule has 2 aromatic heterocycles. The predicted molar refractivity (Wildman–Crippen MR) is 102 cm³/mol. The van der Waals surface area contributed by atoms with E-state index in [1.165, 1.54) is 25.7 Å². The summed E-state index contributed by atoms with van der Waals surface area (Å²) in [5.74, 6) is 0.0400. The monoisotopic (exact) mass is 348 g/mol. The van der Waals surface area contributed by atoms with Gasteiger partial charge in [0.2, 0.25) is 0 Å². The molecule has 1 amide bonds. The van der Waals surface area contributed by atoms with Crippen LogP contribution in [0.15, 0.2) is 48.9 Å². The van der Waals surface area contributed by atoms with Gasteiger partial charge in [-0.15, -0.1) is 0 Å². The topological polar surface area (TPSA) is 59.8 Å². The summed E-state index contributed by atoms with van der Waals surface area (Å²) < 4.78 is 2.02. The van der Waals surface area contributed by atoms with Gasteiger partial charge in [0.25, 0.3) is 5.91 Å². The first kappa shape index (κ1) is 16.8. The highest BCUT2D eigenvalue weighted by Crippen LogP contribution is 2.18. The van der Waals surface area contributed by atoms with Crippen LogP contribution in [-0.2, 0) is 6.54 Å². The molecule has 1 N–H and O–H groups in total. The number of benzene rings is 1. The molecule has 1 aromatic carbocycles. The molecule has 0 unspecified atom stereocenters. The van der Waals surface area contributed by atoms with Crippen LogP contribution >= 0.6 is 0 Å². The molecule has 0 aliphatic heterocycles. The van der Waals surface area contributed by atoms with Gasteiger partial charge in [0.15, 0.2) is 5.65 Å². The van der Waals surface area contributed by atoms with Gasteiger partial charge in [0.1, 0.15) is 5.52 Å². The van der Waals surface area contributed by atoms with Gasteiger partial charge in [-0.1, -0.05) is 37.8 Å². The molecule has 5 heteroatoms. The maximum absolute atomic E-state index is 12.5. The van der Waals surface area contributed by atoms with Crippen LogP contribution < -0.4 is 5.32 Å². The van der Waals surface area contributed by atoms with E-state index >= 15 is 0 Å². The van der Waals surface area contributed by atoms with Crippen LogP contribution in [-0.4, -0.2) is 26.5 Å². The zero-order valence-corrected chi connectivity index (χ0v) is 14.9. The Hall–Kier alpha value is -2.69. The zero-order chi connectivity index (χ0) is 17.8. The molecule has 2 heterocycles. The fourth-order valence-electron chi connectivity index (χ4n) is 3.66. The van der Waals surface area contributed by atoms with Crippen LogP contribution in [0.4, 0.5) is 0 Å². The molecule has 1 fully saturated rings. The van der Waals surface area contributed by atoms with E-state index in [0.717, 1.165) is 35.1 Å². The van der Waals surface area contributed by atoms with Crippen molar-refractivity contribution in [2.24, 2.45) is 0 Å². The second-order valence-corrected chi connectivity index (χ2v) is 7.08. The van der Waals surface area contributed by atoms with Crippen molar-refractivity contribution in [3.05, 3.63) is 60.0 Å². The van der Waals surface area contributed by atoms with Gasteiger partial charge in [-0.2, -0.15) is 0 Å². The molecular weight excluding hydrogens is 324 g/mol. The summed E-state index contributed by atoms with van der Waals surface area (Å²) in [7, 11) is 0. The highest BCUT2D eigenvalue weighted by atomic mass is 16.1. The molecule has 5 nitrogen and oxygen atoms in total. The Kier molecular flexibility index (Phi) is 4.95. The van der Waals surface area contributed by atoms with Crippen LogP contribution in [0.1, 0.15) is 54.4 Å². The van der Waals surface area contributed by atoms with E-state index in [4.69, 9.17) is 0 Å². The Morgan fingerprint density at radius 2 is 1.81 bits per heavy atom. The van der Waals surface area contributed by atoms with E-state index < -0.39 is 0 Å². The van der Waals surface area contributed by atoms with Gasteiger partial charge < -0.3 is 9.88 Å². The number of nitrogens with one attached hydrogen (secondary N) is 1. The lowest BCUT2D eigenvalue weighted by atomic mass is 10.1. The molecule has 0 spiro atoms. The summed E-state index contributed by atoms with van der Waals surface area (Å²) in [4.78, 5) is 21.3. The standard InChI is InChI=1S/C21H24N4O/c26-21(24-18-6-3-1-2-4-7-18)17-11-9-16(10-12-17)14-25-15-23-19-8-5-13-22-20(19)25/h5,8-13,15,18H,1-4,6-7,14H2,(H,24,26). The van der Waals surface area contributed by atoms with Crippen LogP contribution in [0.5, 0.6) is 0 Å². The highest BCUT2D eigenvalue weighted by Gasteiger charge is 2.15. The van der Waals surface area contributed by atoms with Crippen molar-refractivity contribution < 1.29 is 4.79 Å². The average molecular weight is 348 g/mol. The molecule has 1 aliphatic carbocycles. The fourth-order valence-corrected chi connectivity index (χ4v) is 3.66. The van der Waals surface area contributed by atoms with E-state index in [9.17, 15) is 4.79 Å². The number of nitrogens with zero attached hydrogens (tertiary/aromatic N) is 3. The van der Waals surface area contributed by atoms with Gasteiger partial charge in [0.05, 0.1) is 12.9 Å². The molecule has 0 saturated heterocycles. The van der Waals surface area contributed by atoms with E-state index in [2.05, 4.69) is 15.3 Å². The molecule has 1 saturated carbocycles. The number of hydrogen-bond donors (Lipinski definition) is 1. The van der Waals surface area contributed by atoms with Gasteiger partial charge in [-0.05, 0) is 42.7 Å². The van der Waals surface area contributed by atoms with E-state index in [-0.39, 0.29) is 5.91 Å². The summed E-state index contributed by atoms with van der Waals surface area (Å²) >= 11 is 0. The molecule has 0 atom stereocenters. The number of fused-ring (bicyclic) bond motifs is 1. The third-order valence-corrected chi connectivity index (χ3v) is 5.13. The highest BCUT2D eigenvalue weighted by molar-refractivity contribution is 5.94. The van der Waals surface area contributed by atoms with Crippen LogP contribution in [0, 0.1) is 0 Å². The average Bonchev–Trinajstić information content (AvgIpc) is 2.89. The molecule has 0 radical (unpaired) electrons. The van der Waals surface area contributed by atoms with Crippen molar-refractivity contribution >= 4 is 17.1 Å². The summed E-state index contributed by atoms with van der Waals surface area (Å²) in [5, 5.41) is 3.20. The quantitative estimate of drug-likeness (QED) is 0.727.